The highest BCUT2D eigenvalue weighted by Gasteiger charge is 2.36. The van der Waals surface area contributed by atoms with E-state index in [1.165, 1.54) is 0 Å². The molecular formula is C20H27N3O3. The molecule has 2 heterocycles. The lowest BCUT2D eigenvalue weighted by molar-refractivity contribution is -0.155. The summed E-state index contributed by atoms with van der Waals surface area (Å²) in [5.74, 6) is 0.171. The first kappa shape index (κ1) is 18.4. The first-order valence-corrected chi connectivity index (χ1v) is 9.37. The van der Waals surface area contributed by atoms with Crippen molar-refractivity contribution in [2.45, 2.75) is 45.7 Å². The quantitative estimate of drug-likeness (QED) is 0.776. The molecule has 0 aromatic heterocycles. The molecule has 26 heavy (non-hydrogen) atoms. The van der Waals surface area contributed by atoms with Crippen molar-refractivity contribution in [3.63, 3.8) is 0 Å². The summed E-state index contributed by atoms with van der Waals surface area (Å²) in [6.45, 7) is 6.41. The highest BCUT2D eigenvalue weighted by Crippen LogP contribution is 2.18. The van der Waals surface area contributed by atoms with Crippen LogP contribution < -0.4 is 0 Å². The smallest absolute Gasteiger partial charge is 0.245 e. The summed E-state index contributed by atoms with van der Waals surface area (Å²) in [7, 11) is 0. The van der Waals surface area contributed by atoms with Crippen LogP contribution in [0, 0.1) is 6.92 Å². The monoisotopic (exact) mass is 357 g/mol. The number of aryl methyl sites for hydroxylation is 1. The maximum atomic E-state index is 12.7. The standard InChI is InChI=1S/C20H27N3O3/c1-15-6-3-7-17(12-15)13-23-16(2)20(26)22(14-19(23)25)11-5-10-21-9-4-8-18(21)24/h3,6-7,12,16H,4-5,8-11,13-14H2,1-2H3/t16-/m0/s1. The molecule has 0 bridgehead atoms. The minimum absolute atomic E-state index is 0.00926. The minimum atomic E-state index is -0.454. The molecule has 0 N–H and O–H groups in total. The zero-order valence-electron chi connectivity index (χ0n) is 15.6. The van der Waals surface area contributed by atoms with Gasteiger partial charge >= 0.3 is 0 Å². The number of hydrogen-bond acceptors (Lipinski definition) is 3. The third-order valence-corrected chi connectivity index (χ3v) is 5.25. The third-order valence-electron chi connectivity index (χ3n) is 5.25. The average Bonchev–Trinajstić information content (AvgIpc) is 3.01. The normalized spacial score (nSPS) is 21.1. The average molecular weight is 357 g/mol. The number of hydrogen-bond donors (Lipinski definition) is 0. The van der Waals surface area contributed by atoms with Gasteiger partial charge in [0.25, 0.3) is 0 Å². The Bertz CT molecular complexity index is 703. The molecule has 6 nitrogen and oxygen atoms in total. The summed E-state index contributed by atoms with van der Waals surface area (Å²) < 4.78 is 0. The van der Waals surface area contributed by atoms with Crippen LogP contribution in [-0.4, -0.2) is 64.6 Å². The zero-order valence-corrected chi connectivity index (χ0v) is 15.6. The van der Waals surface area contributed by atoms with Crippen LogP contribution in [0.5, 0.6) is 0 Å². The van der Waals surface area contributed by atoms with Gasteiger partial charge in [0.15, 0.2) is 0 Å². The zero-order chi connectivity index (χ0) is 18.7. The number of carbonyl (C=O) groups is 3. The highest BCUT2D eigenvalue weighted by atomic mass is 16.2. The Morgan fingerprint density at radius 2 is 1.85 bits per heavy atom. The number of nitrogens with zero attached hydrogens (tertiary/aromatic N) is 3. The molecule has 0 radical (unpaired) electrons. The van der Waals surface area contributed by atoms with Gasteiger partial charge in [-0.3, -0.25) is 14.4 Å². The second kappa shape index (κ2) is 7.89. The van der Waals surface area contributed by atoms with Crippen LogP contribution >= 0.6 is 0 Å². The number of likely N-dealkylation sites (tertiary alicyclic amines) is 1. The van der Waals surface area contributed by atoms with Gasteiger partial charge in [0, 0.05) is 32.6 Å². The maximum Gasteiger partial charge on any atom is 0.245 e. The van der Waals surface area contributed by atoms with Gasteiger partial charge in [-0.25, -0.2) is 0 Å². The molecule has 140 valence electrons. The topological polar surface area (TPSA) is 60.9 Å². The summed E-state index contributed by atoms with van der Waals surface area (Å²) >= 11 is 0. The van der Waals surface area contributed by atoms with E-state index in [0.29, 0.717) is 26.1 Å². The Hall–Kier alpha value is -2.37. The number of carbonyl (C=O) groups excluding carboxylic acids is 3. The lowest BCUT2D eigenvalue weighted by Gasteiger charge is -2.39. The Labute approximate surface area is 154 Å². The molecule has 0 saturated carbocycles. The molecule has 1 aromatic rings. The first-order valence-electron chi connectivity index (χ1n) is 9.37. The second-order valence-electron chi connectivity index (χ2n) is 7.28. The van der Waals surface area contributed by atoms with Crippen molar-refractivity contribution in [3.8, 4) is 0 Å². The lowest BCUT2D eigenvalue weighted by Crippen LogP contribution is -2.58. The van der Waals surface area contributed by atoms with Crippen LogP contribution in [0.4, 0.5) is 0 Å². The summed E-state index contributed by atoms with van der Waals surface area (Å²) in [6.07, 6.45) is 2.27. The van der Waals surface area contributed by atoms with Crippen molar-refractivity contribution in [2.75, 3.05) is 26.2 Å². The predicted molar refractivity (Wildman–Crippen MR) is 98.2 cm³/mol. The molecule has 0 spiro atoms. The molecule has 3 rings (SSSR count). The van der Waals surface area contributed by atoms with E-state index in [2.05, 4.69) is 0 Å². The lowest BCUT2D eigenvalue weighted by atomic mass is 10.1. The second-order valence-corrected chi connectivity index (χ2v) is 7.28. The molecule has 6 heteroatoms. The van der Waals surface area contributed by atoms with E-state index in [0.717, 1.165) is 30.5 Å². The van der Waals surface area contributed by atoms with Gasteiger partial charge in [-0.2, -0.15) is 0 Å². The first-order chi connectivity index (χ1) is 12.5. The maximum absolute atomic E-state index is 12.7. The molecule has 0 aliphatic carbocycles. The van der Waals surface area contributed by atoms with Gasteiger partial charge in [-0.1, -0.05) is 29.8 Å². The Kier molecular flexibility index (Phi) is 5.59. The SMILES string of the molecule is Cc1cccc(CN2C(=O)CN(CCCN3CCCC3=O)C(=O)[C@@H]2C)c1. The van der Waals surface area contributed by atoms with E-state index in [1.54, 1.807) is 16.7 Å². The summed E-state index contributed by atoms with van der Waals surface area (Å²) in [6, 6.07) is 7.56. The van der Waals surface area contributed by atoms with Crippen LogP contribution in [-0.2, 0) is 20.9 Å². The van der Waals surface area contributed by atoms with Gasteiger partial charge in [0.05, 0.1) is 6.54 Å². The van der Waals surface area contributed by atoms with Gasteiger partial charge in [0.1, 0.15) is 6.04 Å². The van der Waals surface area contributed by atoms with Crippen molar-refractivity contribution < 1.29 is 14.4 Å². The molecule has 1 aromatic carbocycles. The predicted octanol–water partition coefficient (Wildman–Crippen LogP) is 1.57. The largest absolute Gasteiger partial charge is 0.343 e. The van der Waals surface area contributed by atoms with Crippen LogP contribution in [0.3, 0.4) is 0 Å². The van der Waals surface area contributed by atoms with Crippen molar-refractivity contribution in [3.05, 3.63) is 35.4 Å². The van der Waals surface area contributed by atoms with Crippen molar-refractivity contribution in [1.82, 2.24) is 14.7 Å². The van der Waals surface area contributed by atoms with E-state index >= 15 is 0 Å². The molecule has 3 amide bonds. The Morgan fingerprint density at radius 1 is 1.08 bits per heavy atom. The van der Waals surface area contributed by atoms with Crippen LogP contribution in [0.1, 0.15) is 37.3 Å². The van der Waals surface area contributed by atoms with E-state index < -0.39 is 6.04 Å². The van der Waals surface area contributed by atoms with Crippen LogP contribution in [0.15, 0.2) is 24.3 Å². The summed E-state index contributed by atoms with van der Waals surface area (Å²) in [4.78, 5) is 42.1. The van der Waals surface area contributed by atoms with Crippen LogP contribution in [0.25, 0.3) is 0 Å². The molecular weight excluding hydrogens is 330 g/mol. The van der Waals surface area contributed by atoms with Crippen LogP contribution in [0.2, 0.25) is 0 Å². The van der Waals surface area contributed by atoms with Crippen molar-refractivity contribution >= 4 is 17.7 Å². The fourth-order valence-electron chi connectivity index (χ4n) is 3.76. The number of rotatable bonds is 6. The van der Waals surface area contributed by atoms with Gasteiger partial charge in [-0.15, -0.1) is 0 Å². The van der Waals surface area contributed by atoms with Gasteiger partial charge in [-0.05, 0) is 32.3 Å². The molecule has 2 aliphatic heterocycles. The number of piperazine rings is 1. The molecule has 0 unspecified atom stereocenters. The minimum Gasteiger partial charge on any atom is -0.343 e. The number of benzene rings is 1. The summed E-state index contributed by atoms with van der Waals surface area (Å²) in [5.41, 5.74) is 2.18. The number of amides is 3. The van der Waals surface area contributed by atoms with Crippen molar-refractivity contribution in [2.24, 2.45) is 0 Å². The molecule has 1 atom stereocenters. The Morgan fingerprint density at radius 3 is 2.54 bits per heavy atom. The third kappa shape index (κ3) is 4.06. The van der Waals surface area contributed by atoms with Gasteiger partial charge < -0.3 is 14.7 Å². The van der Waals surface area contributed by atoms with Crippen molar-refractivity contribution in [1.29, 1.82) is 0 Å². The summed E-state index contributed by atoms with van der Waals surface area (Å²) in [5, 5.41) is 0. The Balaban J connectivity index is 1.55. The van der Waals surface area contributed by atoms with E-state index in [4.69, 9.17) is 0 Å². The molecule has 2 aliphatic rings. The van der Waals surface area contributed by atoms with E-state index in [-0.39, 0.29) is 24.3 Å². The van der Waals surface area contributed by atoms with E-state index in [1.807, 2.05) is 36.1 Å². The van der Waals surface area contributed by atoms with E-state index in [9.17, 15) is 14.4 Å². The fraction of sp³-hybridized carbons (Fsp3) is 0.550. The molecule has 2 fully saturated rings. The fourth-order valence-corrected chi connectivity index (χ4v) is 3.76. The van der Waals surface area contributed by atoms with Gasteiger partial charge in [0.2, 0.25) is 17.7 Å². The highest BCUT2D eigenvalue weighted by molar-refractivity contribution is 5.94. The molecule has 2 saturated heterocycles.